The van der Waals surface area contributed by atoms with Gasteiger partial charge in [0.2, 0.25) is 5.39 Å². The molecule has 0 aromatic heterocycles. The van der Waals surface area contributed by atoms with Gasteiger partial charge in [0, 0.05) is 23.0 Å². The van der Waals surface area contributed by atoms with Crippen LogP contribution in [-0.4, -0.2) is 20.1 Å². The zero-order valence-corrected chi connectivity index (χ0v) is 16.2. The van der Waals surface area contributed by atoms with E-state index in [0.29, 0.717) is 16.9 Å². The number of nitrogens with one attached hydrogen (secondary N) is 1. The van der Waals surface area contributed by atoms with Crippen molar-refractivity contribution in [1.82, 2.24) is 0 Å². The molecule has 0 saturated heterocycles. The van der Waals surface area contributed by atoms with Gasteiger partial charge in [-0.2, -0.15) is 8.42 Å². The van der Waals surface area contributed by atoms with Crippen LogP contribution in [0.15, 0.2) is 72.8 Å². The fourth-order valence-electron chi connectivity index (χ4n) is 2.84. The summed E-state index contributed by atoms with van der Waals surface area (Å²) in [6, 6.07) is 20.0. The maximum Gasteiger partial charge on any atom is 0.446 e. The molecule has 9 heteroatoms. The molecule has 0 bridgehead atoms. The van der Waals surface area contributed by atoms with Gasteiger partial charge in [0.15, 0.2) is 0 Å². The molecular weight excluding hydrogens is 394 g/mol. The first-order valence-corrected chi connectivity index (χ1v) is 9.87. The first-order valence-electron chi connectivity index (χ1n) is 8.50. The molecule has 0 aliphatic heterocycles. The SMILES string of the molecule is COc1cc(Nc2ccccc2)ccc1C([N+]#N)c1ccc(OS(=O)(=O)O)cc1. The summed E-state index contributed by atoms with van der Waals surface area (Å²) < 4.78 is 40.2. The average Bonchev–Trinajstić information content (AvgIpc) is 2.70. The summed E-state index contributed by atoms with van der Waals surface area (Å²) >= 11 is 0. The Labute approximate surface area is 168 Å². The van der Waals surface area contributed by atoms with Gasteiger partial charge in [-0.05, 0) is 48.5 Å². The van der Waals surface area contributed by atoms with Gasteiger partial charge in [0.05, 0.1) is 12.7 Å². The molecule has 1 unspecified atom stereocenters. The van der Waals surface area contributed by atoms with Crippen molar-refractivity contribution in [2.45, 2.75) is 6.04 Å². The maximum atomic E-state index is 10.8. The van der Waals surface area contributed by atoms with Gasteiger partial charge in [-0.25, -0.2) is 0 Å². The molecule has 0 radical (unpaired) electrons. The van der Waals surface area contributed by atoms with Crippen molar-refractivity contribution < 1.29 is 21.9 Å². The molecule has 0 spiro atoms. The molecule has 29 heavy (non-hydrogen) atoms. The smallest absolute Gasteiger partial charge is 0.446 e. The summed E-state index contributed by atoms with van der Waals surface area (Å²) in [4.78, 5) is 3.45. The van der Waals surface area contributed by atoms with Gasteiger partial charge < -0.3 is 14.2 Å². The summed E-state index contributed by atoms with van der Waals surface area (Å²) in [5.41, 5.74) is 2.89. The molecule has 3 rings (SSSR count). The number of methoxy groups -OCH3 is 1. The van der Waals surface area contributed by atoms with Crippen molar-refractivity contribution in [2.75, 3.05) is 12.4 Å². The highest BCUT2D eigenvalue weighted by molar-refractivity contribution is 7.81. The van der Waals surface area contributed by atoms with Crippen LogP contribution in [0, 0.1) is 5.39 Å². The molecule has 0 fully saturated rings. The topological polar surface area (TPSA) is 113 Å². The molecule has 8 nitrogen and oxygen atoms in total. The van der Waals surface area contributed by atoms with Crippen LogP contribution in [0.25, 0.3) is 4.98 Å². The van der Waals surface area contributed by atoms with E-state index in [4.69, 9.17) is 9.29 Å². The fraction of sp³-hybridized carbons (Fsp3) is 0.100. The van der Waals surface area contributed by atoms with Crippen molar-refractivity contribution in [3.8, 4) is 11.5 Å². The Hall–Kier alpha value is -3.61. The van der Waals surface area contributed by atoms with Crippen LogP contribution in [0.3, 0.4) is 0 Å². The van der Waals surface area contributed by atoms with Gasteiger partial charge in [0.1, 0.15) is 16.5 Å². The zero-order chi connectivity index (χ0) is 20.9. The zero-order valence-electron chi connectivity index (χ0n) is 15.4. The van der Waals surface area contributed by atoms with Gasteiger partial charge >= 0.3 is 16.4 Å². The molecule has 3 aromatic rings. The largest absolute Gasteiger partial charge is 0.496 e. The Morgan fingerprint density at radius 1 is 1.00 bits per heavy atom. The van der Waals surface area contributed by atoms with Gasteiger partial charge in [-0.15, -0.1) is 0 Å². The third-order valence-electron chi connectivity index (χ3n) is 4.10. The van der Waals surface area contributed by atoms with Crippen molar-refractivity contribution in [3.05, 3.63) is 88.9 Å². The van der Waals surface area contributed by atoms with E-state index >= 15 is 0 Å². The molecule has 0 heterocycles. The second-order valence-electron chi connectivity index (χ2n) is 6.05. The standard InChI is InChI=1S/C20H17N3O5S/c1-27-19-13-16(22-15-5-3-2-4-6-15)9-12-18(19)20(23-21)14-7-10-17(11-8-14)28-29(24,25)26/h2-13,20,22H,1H3/p+1. The van der Waals surface area contributed by atoms with E-state index in [0.717, 1.165) is 11.4 Å². The number of ether oxygens (including phenoxy) is 1. The Bertz CT molecular complexity index is 1130. The first-order chi connectivity index (χ1) is 13.9. The van der Waals surface area contributed by atoms with Crippen LogP contribution in [0.4, 0.5) is 11.4 Å². The summed E-state index contributed by atoms with van der Waals surface area (Å²) in [5, 5.41) is 12.9. The maximum absolute atomic E-state index is 10.8. The Morgan fingerprint density at radius 3 is 2.28 bits per heavy atom. The van der Waals surface area contributed by atoms with Crippen LogP contribution in [0.5, 0.6) is 11.5 Å². The first kappa shape index (κ1) is 20.1. The van der Waals surface area contributed by atoms with E-state index in [1.807, 2.05) is 36.4 Å². The number of hydrogen-bond acceptors (Lipinski definition) is 6. The summed E-state index contributed by atoms with van der Waals surface area (Å²) in [5.74, 6) is 0.439. The highest BCUT2D eigenvalue weighted by Gasteiger charge is 2.29. The number of diazo groups is 1. The monoisotopic (exact) mass is 412 g/mol. The number of benzene rings is 3. The number of rotatable bonds is 7. The number of nitrogens with zero attached hydrogens (tertiary/aromatic N) is 2. The van der Waals surface area contributed by atoms with E-state index in [1.165, 1.54) is 31.4 Å². The molecule has 148 valence electrons. The third kappa shape index (κ3) is 5.22. The Morgan fingerprint density at radius 2 is 1.69 bits per heavy atom. The highest BCUT2D eigenvalue weighted by atomic mass is 32.3. The second kappa shape index (κ2) is 8.60. The Kier molecular flexibility index (Phi) is 5.97. The van der Waals surface area contributed by atoms with Gasteiger partial charge in [-0.3, -0.25) is 4.55 Å². The molecule has 0 aliphatic carbocycles. The van der Waals surface area contributed by atoms with E-state index in [1.54, 1.807) is 12.1 Å². The lowest BCUT2D eigenvalue weighted by atomic mass is 9.98. The van der Waals surface area contributed by atoms with E-state index in [2.05, 4.69) is 14.5 Å². The number of hydrogen-bond donors (Lipinski definition) is 2. The lowest BCUT2D eigenvalue weighted by molar-refractivity contribution is 0.387. The molecule has 0 saturated carbocycles. The average molecular weight is 412 g/mol. The predicted octanol–water partition coefficient (Wildman–Crippen LogP) is 4.56. The van der Waals surface area contributed by atoms with E-state index < -0.39 is 16.4 Å². The van der Waals surface area contributed by atoms with Crippen molar-refractivity contribution >= 4 is 21.8 Å². The second-order valence-corrected chi connectivity index (χ2v) is 7.07. The molecule has 1 atom stereocenters. The van der Waals surface area contributed by atoms with Crippen LogP contribution in [-0.2, 0) is 10.4 Å². The Balaban J connectivity index is 1.88. The minimum atomic E-state index is -4.61. The molecule has 3 aromatic carbocycles. The summed E-state index contributed by atoms with van der Waals surface area (Å²) in [7, 11) is -3.09. The predicted molar refractivity (Wildman–Crippen MR) is 108 cm³/mol. The van der Waals surface area contributed by atoms with Crippen molar-refractivity contribution in [2.24, 2.45) is 0 Å². The molecule has 0 aliphatic rings. The van der Waals surface area contributed by atoms with E-state index in [9.17, 15) is 13.8 Å². The minimum Gasteiger partial charge on any atom is -0.496 e. The molecule has 0 amide bonds. The molecular formula is C20H18N3O5S+. The third-order valence-corrected chi connectivity index (χ3v) is 4.51. The van der Waals surface area contributed by atoms with Crippen molar-refractivity contribution in [1.29, 1.82) is 5.39 Å². The van der Waals surface area contributed by atoms with Crippen LogP contribution >= 0.6 is 0 Å². The summed E-state index contributed by atoms with van der Waals surface area (Å²) in [6.45, 7) is 0. The number of para-hydroxylation sites is 1. The van der Waals surface area contributed by atoms with Gasteiger partial charge in [-0.1, -0.05) is 18.2 Å². The lowest BCUT2D eigenvalue weighted by Crippen LogP contribution is -2.06. The normalized spacial score (nSPS) is 11.9. The lowest BCUT2D eigenvalue weighted by Gasteiger charge is -2.12. The van der Waals surface area contributed by atoms with Crippen LogP contribution in [0.2, 0.25) is 0 Å². The number of anilines is 2. The van der Waals surface area contributed by atoms with E-state index in [-0.39, 0.29) is 5.75 Å². The fourth-order valence-corrected chi connectivity index (χ4v) is 3.19. The quantitative estimate of drug-likeness (QED) is 0.432. The van der Waals surface area contributed by atoms with Crippen molar-refractivity contribution in [3.63, 3.8) is 0 Å². The van der Waals surface area contributed by atoms with Crippen LogP contribution < -0.4 is 14.2 Å². The summed E-state index contributed by atoms with van der Waals surface area (Å²) in [6.07, 6.45) is 0. The van der Waals surface area contributed by atoms with Crippen LogP contribution in [0.1, 0.15) is 17.2 Å². The van der Waals surface area contributed by atoms with Gasteiger partial charge in [0.25, 0.3) is 0 Å². The minimum absolute atomic E-state index is 0.0673. The highest BCUT2D eigenvalue weighted by Crippen LogP contribution is 2.36. The molecule has 2 N–H and O–H groups in total.